The molecule has 2 rings (SSSR count). The molecule has 0 aliphatic carbocycles. The number of hydrogen-bond donors (Lipinski definition) is 1. The predicted octanol–water partition coefficient (Wildman–Crippen LogP) is 1.19. The number of aliphatic carboxylic acids is 1. The minimum atomic E-state index is -4.09. The molecule has 0 bridgehead atoms. The first kappa shape index (κ1) is 16.8. The molecule has 124 valence electrons. The number of carboxylic acid groups (broad SMARTS) is 1. The zero-order valence-electron chi connectivity index (χ0n) is 12.1. The van der Waals surface area contributed by atoms with Gasteiger partial charge in [0.05, 0.1) is 6.33 Å². The Morgan fingerprint density at radius 2 is 2.14 bits per heavy atom. The third-order valence-electron chi connectivity index (χ3n) is 3.67. The fourth-order valence-corrected chi connectivity index (χ4v) is 3.60. The summed E-state index contributed by atoms with van der Waals surface area (Å²) in [6.07, 6.45) is 1.82. The Morgan fingerprint density at radius 1 is 1.50 bits per heavy atom. The molecule has 1 fully saturated rings. The topological polar surface area (TPSA) is 92.5 Å². The number of aromatic nitrogens is 2. The van der Waals surface area contributed by atoms with Gasteiger partial charge in [0.15, 0.2) is 5.03 Å². The molecule has 0 aromatic carbocycles. The molecule has 1 atom stereocenters. The van der Waals surface area contributed by atoms with Gasteiger partial charge in [-0.05, 0) is 13.8 Å². The first-order valence-electron chi connectivity index (χ1n) is 6.70. The number of piperidine rings is 1. The van der Waals surface area contributed by atoms with E-state index in [1.165, 1.54) is 12.5 Å². The summed E-state index contributed by atoms with van der Waals surface area (Å²) in [5.74, 6) is -7.18. The van der Waals surface area contributed by atoms with Crippen LogP contribution >= 0.6 is 0 Å². The second-order valence-corrected chi connectivity index (χ2v) is 7.40. The fraction of sp³-hybridized carbons (Fsp3) is 0.667. The molecule has 1 N–H and O–H groups in total. The summed E-state index contributed by atoms with van der Waals surface area (Å²) in [4.78, 5) is 14.7. The maximum atomic E-state index is 13.6. The van der Waals surface area contributed by atoms with Gasteiger partial charge in [-0.2, -0.15) is 4.31 Å². The Morgan fingerprint density at radius 3 is 2.64 bits per heavy atom. The number of hydrogen-bond acceptors (Lipinski definition) is 4. The smallest absolute Gasteiger partial charge is 0.313 e. The lowest BCUT2D eigenvalue weighted by Crippen LogP contribution is -2.52. The third-order valence-corrected chi connectivity index (χ3v) is 5.42. The molecule has 1 aliphatic heterocycles. The number of carboxylic acids is 1. The molecule has 1 saturated heterocycles. The van der Waals surface area contributed by atoms with Gasteiger partial charge < -0.3 is 9.67 Å². The summed E-state index contributed by atoms with van der Waals surface area (Å²) >= 11 is 0. The largest absolute Gasteiger partial charge is 0.481 e. The van der Waals surface area contributed by atoms with E-state index in [9.17, 15) is 22.0 Å². The molecule has 1 unspecified atom stereocenters. The summed E-state index contributed by atoms with van der Waals surface area (Å²) in [5, 5.41) is 8.62. The molecule has 2 heterocycles. The molecular formula is C12H17F2N3O4S. The lowest BCUT2D eigenvalue weighted by molar-refractivity contribution is -0.163. The molecule has 1 aliphatic rings. The SMILES string of the molecule is CC(C)n1cnc(S(=O)(=O)N2CCC(F)(F)C(C(=O)O)C2)c1. The van der Waals surface area contributed by atoms with E-state index in [-0.39, 0.29) is 11.1 Å². The van der Waals surface area contributed by atoms with Crippen molar-refractivity contribution in [1.29, 1.82) is 0 Å². The van der Waals surface area contributed by atoms with Gasteiger partial charge in [-0.3, -0.25) is 4.79 Å². The molecule has 0 radical (unpaired) electrons. The maximum Gasteiger partial charge on any atom is 0.313 e. The van der Waals surface area contributed by atoms with E-state index < -0.39 is 47.3 Å². The predicted molar refractivity (Wildman–Crippen MR) is 72.1 cm³/mol. The summed E-state index contributed by atoms with van der Waals surface area (Å²) in [6, 6.07) is -0.00564. The van der Waals surface area contributed by atoms with Gasteiger partial charge in [-0.15, -0.1) is 0 Å². The van der Waals surface area contributed by atoms with E-state index in [1.807, 2.05) is 13.8 Å². The lowest BCUT2D eigenvalue weighted by Gasteiger charge is -2.34. The Balaban J connectivity index is 2.28. The van der Waals surface area contributed by atoms with Gasteiger partial charge >= 0.3 is 5.97 Å². The van der Waals surface area contributed by atoms with Crippen LogP contribution in [0, 0.1) is 5.92 Å². The minimum absolute atomic E-state index is 0.00564. The van der Waals surface area contributed by atoms with Crippen molar-refractivity contribution in [3.63, 3.8) is 0 Å². The van der Waals surface area contributed by atoms with E-state index in [0.29, 0.717) is 0 Å². The molecule has 0 spiro atoms. The Kier molecular flexibility index (Phi) is 4.26. The highest BCUT2D eigenvalue weighted by Gasteiger charge is 2.51. The van der Waals surface area contributed by atoms with Crippen molar-refractivity contribution >= 4 is 16.0 Å². The van der Waals surface area contributed by atoms with Gasteiger partial charge in [0, 0.05) is 31.7 Å². The van der Waals surface area contributed by atoms with Crippen molar-refractivity contribution in [2.75, 3.05) is 13.1 Å². The lowest BCUT2D eigenvalue weighted by atomic mass is 9.95. The van der Waals surface area contributed by atoms with Crippen LogP contribution in [0.2, 0.25) is 0 Å². The standard InChI is InChI=1S/C12H17F2N3O4S/c1-8(2)16-6-10(15-7-16)22(20,21)17-4-3-12(13,14)9(5-17)11(18)19/h6-9H,3-5H2,1-2H3,(H,18,19). The molecule has 0 saturated carbocycles. The number of rotatable bonds is 4. The van der Waals surface area contributed by atoms with Crippen molar-refractivity contribution in [1.82, 2.24) is 13.9 Å². The summed E-state index contributed by atoms with van der Waals surface area (Å²) in [6.45, 7) is 2.47. The monoisotopic (exact) mass is 337 g/mol. The second-order valence-electron chi connectivity index (χ2n) is 5.52. The molecule has 1 aromatic rings. The molecule has 22 heavy (non-hydrogen) atoms. The van der Waals surface area contributed by atoms with Crippen LogP contribution < -0.4 is 0 Å². The molecule has 0 amide bonds. The Labute approximate surface area is 126 Å². The number of nitrogens with zero attached hydrogens (tertiary/aromatic N) is 3. The van der Waals surface area contributed by atoms with Crippen LogP contribution in [-0.2, 0) is 14.8 Å². The van der Waals surface area contributed by atoms with Crippen molar-refractivity contribution in [3.05, 3.63) is 12.5 Å². The highest BCUT2D eigenvalue weighted by Crippen LogP contribution is 2.35. The van der Waals surface area contributed by atoms with Gasteiger partial charge in [-0.25, -0.2) is 22.2 Å². The quantitative estimate of drug-likeness (QED) is 0.891. The highest BCUT2D eigenvalue weighted by molar-refractivity contribution is 7.89. The zero-order valence-corrected chi connectivity index (χ0v) is 12.9. The average molecular weight is 337 g/mol. The molecular weight excluding hydrogens is 320 g/mol. The van der Waals surface area contributed by atoms with Crippen molar-refractivity contribution < 1.29 is 27.1 Å². The molecule has 7 nitrogen and oxygen atoms in total. The van der Waals surface area contributed by atoms with Crippen LogP contribution in [0.4, 0.5) is 8.78 Å². The van der Waals surface area contributed by atoms with Crippen LogP contribution in [0.15, 0.2) is 17.6 Å². The van der Waals surface area contributed by atoms with Gasteiger partial charge in [0.1, 0.15) is 5.92 Å². The van der Waals surface area contributed by atoms with Crippen LogP contribution in [0.25, 0.3) is 0 Å². The van der Waals surface area contributed by atoms with Gasteiger partial charge in [-0.1, -0.05) is 0 Å². The highest BCUT2D eigenvalue weighted by atomic mass is 32.2. The van der Waals surface area contributed by atoms with E-state index >= 15 is 0 Å². The van der Waals surface area contributed by atoms with Crippen molar-refractivity contribution in [3.8, 4) is 0 Å². The van der Waals surface area contributed by atoms with E-state index in [2.05, 4.69) is 4.98 Å². The number of halogens is 2. The van der Waals surface area contributed by atoms with E-state index in [1.54, 1.807) is 4.57 Å². The third kappa shape index (κ3) is 2.98. The maximum absolute atomic E-state index is 13.6. The summed E-state index contributed by atoms with van der Waals surface area (Å²) in [7, 11) is -4.09. The number of imidazole rings is 1. The van der Waals surface area contributed by atoms with Gasteiger partial charge in [0.2, 0.25) is 0 Å². The Bertz CT molecular complexity index is 672. The second kappa shape index (κ2) is 5.58. The summed E-state index contributed by atoms with van der Waals surface area (Å²) in [5.41, 5.74) is 0. The van der Waals surface area contributed by atoms with Crippen LogP contribution in [-0.4, -0.2) is 52.4 Å². The van der Waals surface area contributed by atoms with E-state index in [0.717, 1.165) is 4.31 Å². The molecule has 10 heteroatoms. The fourth-order valence-electron chi connectivity index (χ4n) is 2.22. The minimum Gasteiger partial charge on any atom is -0.481 e. The molecule has 1 aromatic heterocycles. The van der Waals surface area contributed by atoms with Crippen molar-refractivity contribution in [2.45, 2.75) is 37.3 Å². The number of sulfonamides is 1. The number of carbonyl (C=O) groups is 1. The first-order valence-corrected chi connectivity index (χ1v) is 8.14. The Hall–Kier alpha value is -1.55. The van der Waals surface area contributed by atoms with Gasteiger partial charge in [0.25, 0.3) is 15.9 Å². The first-order chi connectivity index (χ1) is 10.1. The normalized spacial score (nSPS) is 22.9. The zero-order chi connectivity index (χ0) is 16.7. The van der Waals surface area contributed by atoms with Crippen molar-refractivity contribution in [2.24, 2.45) is 5.92 Å². The van der Waals surface area contributed by atoms with Crippen LogP contribution in [0.1, 0.15) is 26.3 Å². The van der Waals surface area contributed by atoms with Crippen LogP contribution in [0.5, 0.6) is 0 Å². The van der Waals surface area contributed by atoms with Crippen LogP contribution in [0.3, 0.4) is 0 Å². The van der Waals surface area contributed by atoms with E-state index in [4.69, 9.17) is 5.11 Å². The summed E-state index contributed by atoms with van der Waals surface area (Å²) < 4.78 is 54.3. The average Bonchev–Trinajstić information content (AvgIpc) is 2.87. The number of alkyl halides is 2.